The number of fused-ring (bicyclic) bond motifs is 1. The van der Waals surface area contributed by atoms with Gasteiger partial charge in [-0.2, -0.15) is 0 Å². The molecule has 0 amide bonds. The number of anilines is 1. The predicted octanol–water partition coefficient (Wildman–Crippen LogP) is 1.03. The minimum absolute atomic E-state index is 0.183. The van der Waals surface area contributed by atoms with Crippen molar-refractivity contribution in [1.82, 2.24) is 0 Å². The number of benzene rings is 1. The van der Waals surface area contributed by atoms with E-state index in [4.69, 9.17) is 15.2 Å². The normalized spacial score (nSPS) is 15.2. The van der Waals surface area contributed by atoms with Crippen LogP contribution in [0.1, 0.15) is 5.56 Å². The van der Waals surface area contributed by atoms with Crippen molar-refractivity contribution in [3.63, 3.8) is 0 Å². The van der Waals surface area contributed by atoms with Gasteiger partial charge in [-0.3, -0.25) is 5.21 Å². The van der Waals surface area contributed by atoms with Crippen LogP contribution in [0.25, 0.3) is 0 Å². The number of aromatic hydroxyl groups is 1. The van der Waals surface area contributed by atoms with Crippen LogP contribution in [-0.2, 0) is 11.4 Å². The van der Waals surface area contributed by atoms with Crippen molar-refractivity contribution in [3.8, 4) is 5.75 Å². The van der Waals surface area contributed by atoms with Crippen molar-refractivity contribution >= 4 is 5.69 Å². The molecule has 0 saturated carbocycles. The van der Waals surface area contributed by atoms with Gasteiger partial charge in [-0.15, -0.1) is 5.23 Å². The summed E-state index contributed by atoms with van der Waals surface area (Å²) in [6.07, 6.45) is 0. The quantitative estimate of drug-likeness (QED) is 0.584. The summed E-state index contributed by atoms with van der Waals surface area (Å²) in [7, 11) is 0. The van der Waals surface area contributed by atoms with Gasteiger partial charge < -0.3 is 5.11 Å². The zero-order valence-corrected chi connectivity index (χ0v) is 5.69. The summed E-state index contributed by atoms with van der Waals surface area (Å²) in [5, 5.41) is 18.7. The van der Waals surface area contributed by atoms with Gasteiger partial charge in [0.05, 0.1) is 0 Å². The van der Waals surface area contributed by atoms with Gasteiger partial charge in [0.2, 0.25) is 0 Å². The van der Waals surface area contributed by atoms with E-state index in [0.29, 0.717) is 17.5 Å². The third-order valence-corrected chi connectivity index (χ3v) is 1.61. The lowest BCUT2D eigenvalue weighted by molar-refractivity contribution is -0.0329. The average Bonchev–Trinajstić information content (AvgIpc) is 2.32. The molecular formula is C7H7NO3. The van der Waals surface area contributed by atoms with Crippen molar-refractivity contribution in [2.24, 2.45) is 0 Å². The standard InChI is InChI=1S/C7H7NO3/c9-6-1-2-7-5(3-6)4-11-8(7)10/h1-3,9-10H,4H2. The molecule has 1 aromatic rings. The lowest BCUT2D eigenvalue weighted by Crippen LogP contribution is -2.10. The molecule has 0 aliphatic carbocycles. The highest BCUT2D eigenvalue weighted by atomic mass is 16.9. The van der Waals surface area contributed by atoms with Gasteiger partial charge in [0.15, 0.2) is 0 Å². The molecule has 1 aromatic carbocycles. The van der Waals surface area contributed by atoms with Gasteiger partial charge in [0.1, 0.15) is 18.0 Å². The summed E-state index contributed by atoms with van der Waals surface area (Å²) < 4.78 is 0. The summed E-state index contributed by atoms with van der Waals surface area (Å²) in [5.74, 6) is 0.183. The summed E-state index contributed by atoms with van der Waals surface area (Å²) in [5.41, 5.74) is 1.37. The van der Waals surface area contributed by atoms with E-state index in [0.717, 1.165) is 5.56 Å². The van der Waals surface area contributed by atoms with Crippen molar-refractivity contribution in [1.29, 1.82) is 0 Å². The molecular weight excluding hydrogens is 146 g/mol. The first-order valence-electron chi connectivity index (χ1n) is 3.21. The molecule has 11 heavy (non-hydrogen) atoms. The topological polar surface area (TPSA) is 52.9 Å². The van der Waals surface area contributed by atoms with Crippen LogP contribution < -0.4 is 5.23 Å². The number of phenols is 1. The third kappa shape index (κ3) is 0.923. The smallest absolute Gasteiger partial charge is 0.116 e. The molecule has 0 spiro atoms. The zero-order chi connectivity index (χ0) is 7.84. The van der Waals surface area contributed by atoms with Crippen LogP contribution in [0.15, 0.2) is 18.2 Å². The van der Waals surface area contributed by atoms with Gasteiger partial charge in [0.25, 0.3) is 0 Å². The maximum atomic E-state index is 9.03. The molecule has 0 unspecified atom stereocenters. The van der Waals surface area contributed by atoms with E-state index in [9.17, 15) is 0 Å². The minimum atomic E-state index is 0.183. The second kappa shape index (κ2) is 2.11. The Labute approximate surface area is 63.2 Å². The first-order chi connectivity index (χ1) is 5.27. The van der Waals surface area contributed by atoms with Crippen LogP contribution in [0.4, 0.5) is 5.69 Å². The largest absolute Gasteiger partial charge is 0.508 e. The maximum absolute atomic E-state index is 9.03. The Morgan fingerprint density at radius 1 is 1.45 bits per heavy atom. The highest BCUT2D eigenvalue weighted by molar-refractivity contribution is 5.54. The van der Waals surface area contributed by atoms with E-state index in [1.807, 2.05) is 0 Å². The Kier molecular flexibility index (Phi) is 1.24. The van der Waals surface area contributed by atoms with Crippen molar-refractivity contribution < 1.29 is 15.2 Å². The van der Waals surface area contributed by atoms with Gasteiger partial charge in [0, 0.05) is 5.56 Å². The maximum Gasteiger partial charge on any atom is 0.116 e. The van der Waals surface area contributed by atoms with Crippen LogP contribution in [0.2, 0.25) is 0 Å². The van der Waals surface area contributed by atoms with Gasteiger partial charge in [-0.25, -0.2) is 4.84 Å². The highest BCUT2D eigenvalue weighted by Crippen LogP contribution is 2.29. The number of phenolic OH excluding ortho intramolecular Hbond substituents is 1. The van der Waals surface area contributed by atoms with Crippen LogP contribution in [0, 0.1) is 0 Å². The fourth-order valence-electron chi connectivity index (χ4n) is 1.07. The summed E-state index contributed by atoms with van der Waals surface area (Å²) in [6, 6.07) is 4.65. The summed E-state index contributed by atoms with van der Waals surface area (Å²) in [6.45, 7) is 0.306. The van der Waals surface area contributed by atoms with Gasteiger partial charge in [-0.05, 0) is 18.2 Å². The monoisotopic (exact) mass is 153 g/mol. The molecule has 2 N–H and O–H groups in total. The molecule has 0 aromatic heterocycles. The summed E-state index contributed by atoms with van der Waals surface area (Å²) in [4.78, 5) is 4.76. The van der Waals surface area contributed by atoms with E-state index >= 15 is 0 Å². The van der Waals surface area contributed by atoms with E-state index in [-0.39, 0.29) is 5.75 Å². The Morgan fingerprint density at radius 2 is 2.27 bits per heavy atom. The molecule has 0 saturated heterocycles. The molecule has 0 radical (unpaired) electrons. The fourth-order valence-corrected chi connectivity index (χ4v) is 1.07. The first-order valence-corrected chi connectivity index (χ1v) is 3.21. The van der Waals surface area contributed by atoms with E-state index in [1.165, 1.54) is 6.07 Å². The Morgan fingerprint density at radius 3 is 3.09 bits per heavy atom. The molecule has 1 aliphatic heterocycles. The number of hydrogen-bond acceptors (Lipinski definition) is 4. The number of nitrogens with zero attached hydrogens (tertiary/aromatic N) is 1. The Hall–Kier alpha value is -1.26. The van der Waals surface area contributed by atoms with Gasteiger partial charge in [-0.1, -0.05) is 0 Å². The molecule has 0 bridgehead atoms. The number of rotatable bonds is 0. The minimum Gasteiger partial charge on any atom is -0.508 e. The Bertz CT molecular complexity index is 287. The molecule has 1 heterocycles. The van der Waals surface area contributed by atoms with Crippen molar-refractivity contribution in [2.45, 2.75) is 6.61 Å². The van der Waals surface area contributed by atoms with E-state index < -0.39 is 0 Å². The molecule has 0 fully saturated rings. The summed E-state index contributed by atoms with van der Waals surface area (Å²) >= 11 is 0. The zero-order valence-electron chi connectivity index (χ0n) is 5.69. The molecule has 0 atom stereocenters. The number of hydrogen-bond donors (Lipinski definition) is 2. The van der Waals surface area contributed by atoms with Crippen LogP contribution in [-0.4, -0.2) is 10.3 Å². The second-order valence-electron chi connectivity index (χ2n) is 2.36. The van der Waals surface area contributed by atoms with Crippen LogP contribution in [0.5, 0.6) is 5.75 Å². The van der Waals surface area contributed by atoms with Crippen molar-refractivity contribution in [2.75, 3.05) is 5.23 Å². The van der Waals surface area contributed by atoms with E-state index in [1.54, 1.807) is 12.1 Å². The average molecular weight is 153 g/mol. The molecule has 58 valence electrons. The lowest BCUT2D eigenvalue weighted by atomic mass is 10.2. The molecule has 1 aliphatic rings. The Balaban J connectivity index is 2.50. The predicted molar refractivity (Wildman–Crippen MR) is 37.2 cm³/mol. The van der Waals surface area contributed by atoms with Gasteiger partial charge >= 0.3 is 0 Å². The second-order valence-corrected chi connectivity index (χ2v) is 2.36. The molecule has 4 nitrogen and oxygen atoms in total. The lowest BCUT2D eigenvalue weighted by Gasteiger charge is -2.05. The first kappa shape index (κ1) is 6.45. The SMILES string of the molecule is Oc1ccc2c(c1)CON2O. The van der Waals surface area contributed by atoms with Crippen LogP contribution in [0.3, 0.4) is 0 Å². The highest BCUT2D eigenvalue weighted by Gasteiger charge is 2.18. The van der Waals surface area contributed by atoms with Crippen molar-refractivity contribution in [3.05, 3.63) is 23.8 Å². The fraction of sp³-hybridized carbons (Fsp3) is 0.143. The third-order valence-electron chi connectivity index (χ3n) is 1.61. The van der Waals surface area contributed by atoms with E-state index in [2.05, 4.69) is 0 Å². The molecule has 4 heteroatoms. The molecule has 2 rings (SSSR count). The van der Waals surface area contributed by atoms with Crippen LogP contribution >= 0.6 is 0 Å².